The molecule has 0 bridgehead atoms. The number of halogens is 1. The van der Waals surface area contributed by atoms with Crippen LogP contribution in [0.3, 0.4) is 0 Å². The summed E-state index contributed by atoms with van der Waals surface area (Å²) in [4.78, 5) is 15.0. The van der Waals surface area contributed by atoms with E-state index in [4.69, 9.17) is 16.3 Å². The molecule has 5 heteroatoms. The highest BCUT2D eigenvalue weighted by Gasteiger charge is 2.32. The lowest BCUT2D eigenvalue weighted by molar-refractivity contribution is -0.135. The molecule has 0 saturated carbocycles. The molecular formula is C18H27ClN2O2. The van der Waals surface area contributed by atoms with Gasteiger partial charge >= 0.3 is 0 Å². The first kappa shape index (κ1) is 18.1. The fourth-order valence-electron chi connectivity index (χ4n) is 2.79. The van der Waals surface area contributed by atoms with Crippen molar-refractivity contribution in [3.8, 4) is 5.75 Å². The molecule has 0 aromatic heterocycles. The van der Waals surface area contributed by atoms with E-state index in [1.165, 1.54) is 0 Å². The summed E-state index contributed by atoms with van der Waals surface area (Å²) in [6.07, 6.45) is 1.97. The number of rotatable bonds is 5. The molecule has 4 nitrogen and oxygen atoms in total. The van der Waals surface area contributed by atoms with E-state index in [0.29, 0.717) is 16.8 Å². The van der Waals surface area contributed by atoms with Crippen LogP contribution in [-0.2, 0) is 4.79 Å². The lowest BCUT2D eigenvalue weighted by Gasteiger charge is -2.36. The molecule has 1 heterocycles. The van der Waals surface area contributed by atoms with Crippen molar-refractivity contribution < 1.29 is 9.53 Å². The molecule has 0 unspecified atom stereocenters. The number of hydrogen-bond donors (Lipinski definition) is 1. The lowest BCUT2D eigenvalue weighted by atomic mass is 10.0. The van der Waals surface area contributed by atoms with E-state index in [0.717, 1.165) is 25.9 Å². The minimum absolute atomic E-state index is 0.0829. The zero-order chi connectivity index (χ0) is 17.0. The van der Waals surface area contributed by atoms with Crippen LogP contribution in [0, 0.1) is 0 Å². The quantitative estimate of drug-likeness (QED) is 0.893. The number of hydrogen-bond acceptors (Lipinski definition) is 3. The Bertz CT molecular complexity index is 538. The van der Waals surface area contributed by atoms with Crippen LogP contribution >= 0.6 is 11.6 Å². The Morgan fingerprint density at radius 2 is 2.00 bits per heavy atom. The number of nitrogens with zero attached hydrogens (tertiary/aromatic N) is 1. The molecule has 1 aliphatic rings. The molecule has 0 radical (unpaired) electrons. The van der Waals surface area contributed by atoms with Crippen LogP contribution in [0.1, 0.15) is 40.5 Å². The van der Waals surface area contributed by atoms with Crippen LogP contribution in [0.4, 0.5) is 0 Å². The number of ether oxygens (including phenoxy) is 1. The zero-order valence-corrected chi connectivity index (χ0v) is 15.2. The van der Waals surface area contributed by atoms with Crippen LogP contribution in [-0.4, -0.2) is 41.6 Å². The highest BCUT2D eigenvalue weighted by atomic mass is 35.5. The van der Waals surface area contributed by atoms with Crippen molar-refractivity contribution >= 4 is 17.5 Å². The van der Waals surface area contributed by atoms with E-state index in [9.17, 15) is 4.79 Å². The fourth-order valence-corrected chi connectivity index (χ4v) is 2.97. The van der Waals surface area contributed by atoms with Crippen molar-refractivity contribution in [2.24, 2.45) is 0 Å². The Morgan fingerprint density at radius 1 is 1.35 bits per heavy atom. The van der Waals surface area contributed by atoms with Gasteiger partial charge in [-0.3, -0.25) is 4.79 Å². The third-order valence-electron chi connectivity index (χ3n) is 4.31. The summed E-state index contributed by atoms with van der Waals surface area (Å²) >= 11 is 5.96. The maximum atomic E-state index is 12.6. The van der Waals surface area contributed by atoms with E-state index >= 15 is 0 Å². The van der Waals surface area contributed by atoms with Gasteiger partial charge in [-0.25, -0.2) is 0 Å². The summed E-state index contributed by atoms with van der Waals surface area (Å²) in [5.74, 6) is 0.521. The number of nitrogens with one attached hydrogen (secondary N) is 1. The maximum Gasteiger partial charge on any atom is 0.263 e. The average molecular weight is 339 g/mol. The number of carbonyl (C=O) groups is 1. The monoisotopic (exact) mass is 338 g/mol. The molecule has 0 spiro atoms. The molecule has 1 N–H and O–H groups in total. The summed E-state index contributed by atoms with van der Waals surface area (Å²) in [7, 11) is 0. The van der Waals surface area contributed by atoms with E-state index in [1.807, 2.05) is 12.1 Å². The first-order valence-electron chi connectivity index (χ1n) is 8.27. The van der Waals surface area contributed by atoms with Gasteiger partial charge in [-0.15, -0.1) is 0 Å². The van der Waals surface area contributed by atoms with Gasteiger partial charge in [-0.05, 0) is 58.7 Å². The minimum Gasteiger partial charge on any atom is -0.478 e. The molecule has 0 aliphatic carbocycles. The Morgan fingerprint density at radius 3 is 2.57 bits per heavy atom. The van der Waals surface area contributed by atoms with Crippen molar-refractivity contribution in [3.05, 3.63) is 29.3 Å². The average Bonchev–Trinajstić information content (AvgIpc) is 2.47. The van der Waals surface area contributed by atoms with Gasteiger partial charge in [0.15, 0.2) is 5.60 Å². The fraction of sp³-hybridized carbons (Fsp3) is 0.611. The first-order chi connectivity index (χ1) is 10.8. The summed E-state index contributed by atoms with van der Waals surface area (Å²) < 4.78 is 5.84. The second kappa shape index (κ2) is 7.54. The summed E-state index contributed by atoms with van der Waals surface area (Å²) in [5.41, 5.74) is -0.931. The maximum absolute atomic E-state index is 12.6. The highest BCUT2D eigenvalue weighted by molar-refractivity contribution is 6.30. The van der Waals surface area contributed by atoms with Gasteiger partial charge in [0.05, 0.1) is 0 Å². The van der Waals surface area contributed by atoms with Crippen molar-refractivity contribution in [2.75, 3.05) is 13.1 Å². The van der Waals surface area contributed by atoms with Gasteiger partial charge in [0.25, 0.3) is 5.91 Å². The third kappa shape index (κ3) is 5.11. The molecular weight excluding hydrogens is 312 g/mol. The standard InChI is InChI=1S/C18H27ClN2O2/c1-13(2)21-10-8-15(9-11-21)20-17(22)18(3,4)23-16-7-5-6-14(19)12-16/h5-7,12-13,15H,8-11H2,1-4H3,(H,20,22). The highest BCUT2D eigenvalue weighted by Crippen LogP contribution is 2.23. The molecule has 1 fully saturated rings. The predicted octanol–water partition coefficient (Wildman–Crippen LogP) is 3.49. The molecule has 23 heavy (non-hydrogen) atoms. The smallest absolute Gasteiger partial charge is 0.263 e. The number of carbonyl (C=O) groups excluding carboxylic acids is 1. The summed E-state index contributed by atoms with van der Waals surface area (Å²) in [6.45, 7) is 10.0. The largest absolute Gasteiger partial charge is 0.478 e. The third-order valence-corrected chi connectivity index (χ3v) is 4.55. The van der Waals surface area contributed by atoms with Gasteiger partial charge in [0, 0.05) is 30.2 Å². The topological polar surface area (TPSA) is 41.6 Å². The van der Waals surface area contributed by atoms with E-state index in [1.54, 1.807) is 26.0 Å². The van der Waals surface area contributed by atoms with E-state index < -0.39 is 5.60 Å². The molecule has 1 saturated heterocycles. The number of likely N-dealkylation sites (tertiary alicyclic amines) is 1. The van der Waals surface area contributed by atoms with Gasteiger partial charge in [-0.1, -0.05) is 17.7 Å². The van der Waals surface area contributed by atoms with Gasteiger partial charge in [0.1, 0.15) is 5.75 Å². The molecule has 1 aromatic rings. The molecule has 1 aliphatic heterocycles. The Kier molecular flexibility index (Phi) is 5.93. The zero-order valence-electron chi connectivity index (χ0n) is 14.4. The minimum atomic E-state index is -0.931. The first-order valence-corrected chi connectivity index (χ1v) is 8.65. The second-order valence-electron chi connectivity index (χ2n) is 6.95. The number of piperidine rings is 1. The Balaban J connectivity index is 1.89. The van der Waals surface area contributed by atoms with Crippen LogP contribution in [0.15, 0.2) is 24.3 Å². The Hall–Kier alpha value is -1.26. The van der Waals surface area contributed by atoms with Crippen LogP contribution < -0.4 is 10.1 Å². The van der Waals surface area contributed by atoms with Crippen molar-refractivity contribution in [1.82, 2.24) is 10.2 Å². The van der Waals surface area contributed by atoms with Crippen LogP contribution in [0.25, 0.3) is 0 Å². The molecule has 1 amide bonds. The summed E-state index contributed by atoms with van der Waals surface area (Å²) in [6, 6.07) is 7.91. The predicted molar refractivity (Wildman–Crippen MR) is 94.0 cm³/mol. The van der Waals surface area contributed by atoms with Crippen molar-refractivity contribution in [1.29, 1.82) is 0 Å². The number of amides is 1. The van der Waals surface area contributed by atoms with Crippen LogP contribution in [0.5, 0.6) is 5.75 Å². The number of benzene rings is 1. The molecule has 1 aromatic carbocycles. The Labute approximate surface area is 144 Å². The second-order valence-corrected chi connectivity index (χ2v) is 7.38. The molecule has 0 atom stereocenters. The molecule has 128 valence electrons. The lowest BCUT2D eigenvalue weighted by Crippen LogP contribution is -2.53. The summed E-state index contributed by atoms with van der Waals surface area (Å²) in [5, 5.41) is 3.73. The van der Waals surface area contributed by atoms with Gasteiger partial charge < -0.3 is 15.0 Å². The van der Waals surface area contributed by atoms with Crippen molar-refractivity contribution in [2.45, 2.75) is 58.2 Å². The van der Waals surface area contributed by atoms with Gasteiger partial charge in [0.2, 0.25) is 0 Å². The van der Waals surface area contributed by atoms with E-state index in [-0.39, 0.29) is 11.9 Å². The van der Waals surface area contributed by atoms with Crippen molar-refractivity contribution in [3.63, 3.8) is 0 Å². The van der Waals surface area contributed by atoms with Gasteiger partial charge in [-0.2, -0.15) is 0 Å². The normalized spacial score (nSPS) is 17.3. The van der Waals surface area contributed by atoms with Crippen LogP contribution in [0.2, 0.25) is 5.02 Å². The SMILES string of the molecule is CC(C)N1CCC(NC(=O)C(C)(C)Oc2cccc(Cl)c2)CC1. The molecule has 2 rings (SSSR count). The van der Waals surface area contributed by atoms with E-state index in [2.05, 4.69) is 24.1 Å².